The first-order chi connectivity index (χ1) is 21.1. The molecule has 0 spiro atoms. The Labute approximate surface area is 249 Å². The zero-order valence-electron chi connectivity index (χ0n) is 23.2. The van der Waals surface area contributed by atoms with Gasteiger partial charge in [0.15, 0.2) is 0 Å². The lowest BCUT2D eigenvalue weighted by Crippen LogP contribution is -2.45. The Morgan fingerprint density at radius 3 is 2.07 bits per heavy atom. The fourth-order valence-corrected chi connectivity index (χ4v) is 6.09. The van der Waals surface area contributed by atoms with E-state index in [0.29, 0.717) is 31.7 Å². The summed E-state index contributed by atoms with van der Waals surface area (Å²) in [4.78, 5) is 18.9. The number of aromatic nitrogens is 3. The number of anilines is 2. The van der Waals surface area contributed by atoms with E-state index in [1.54, 1.807) is 6.07 Å². The van der Waals surface area contributed by atoms with Gasteiger partial charge in [0, 0.05) is 24.6 Å². The summed E-state index contributed by atoms with van der Waals surface area (Å²) >= 11 is 0. The van der Waals surface area contributed by atoms with Gasteiger partial charge in [0.2, 0.25) is 0 Å². The topological polar surface area (TPSA) is 92.5 Å². The second kappa shape index (κ2) is 11.9. The van der Waals surface area contributed by atoms with Crippen molar-refractivity contribution in [2.75, 3.05) is 23.3 Å². The molecule has 1 amide bonds. The molecule has 1 saturated heterocycles. The van der Waals surface area contributed by atoms with Crippen LogP contribution in [0.2, 0.25) is 0 Å². The predicted octanol–water partition coefficient (Wildman–Crippen LogP) is 5.86. The summed E-state index contributed by atoms with van der Waals surface area (Å²) in [6.45, 7) is -2.17. The maximum Gasteiger partial charge on any atom is 0.398 e. The van der Waals surface area contributed by atoms with Crippen LogP contribution in [0, 0.1) is 0 Å². The number of hydrogen-bond donors (Lipinski definition) is 2. The summed E-state index contributed by atoms with van der Waals surface area (Å²) in [5.74, 6) is -3.68. The Morgan fingerprint density at radius 2 is 1.55 bits per heavy atom. The van der Waals surface area contributed by atoms with E-state index in [4.69, 9.17) is 5.10 Å². The molecule has 8 nitrogen and oxygen atoms in total. The summed E-state index contributed by atoms with van der Waals surface area (Å²) in [6.07, 6.45) is -5.26. The maximum atomic E-state index is 14.6. The third kappa shape index (κ3) is 5.71. The number of nitrogens with zero attached hydrogens (tertiary/aromatic N) is 4. The van der Waals surface area contributed by atoms with Crippen molar-refractivity contribution >= 4 is 17.5 Å². The number of benzene rings is 2. The van der Waals surface area contributed by atoms with Crippen LogP contribution in [-0.2, 0) is 4.79 Å². The number of halogens is 5. The molecule has 13 heteroatoms. The fourth-order valence-electron chi connectivity index (χ4n) is 6.09. The highest BCUT2D eigenvalue weighted by Gasteiger charge is 2.54. The number of piperidine rings is 1. The highest BCUT2D eigenvalue weighted by molar-refractivity contribution is 5.97. The zero-order valence-corrected chi connectivity index (χ0v) is 23.2. The summed E-state index contributed by atoms with van der Waals surface area (Å²) < 4.78 is 74.6. The molecule has 4 heterocycles. The Bertz CT molecular complexity index is 1550. The molecule has 0 bridgehead atoms. The largest absolute Gasteiger partial charge is 0.433 e. The maximum absolute atomic E-state index is 14.6. The molecule has 1 fully saturated rings. The van der Waals surface area contributed by atoms with Crippen molar-refractivity contribution in [1.82, 2.24) is 14.8 Å². The number of alkyl halides is 5. The fraction of sp³-hybridized carbons (Fsp3) is 0.323. The Hall–Kier alpha value is -4.52. The van der Waals surface area contributed by atoms with Crippen molar-refractivity contribution in [3.63, 3.8) is 0 Å². The molecule has 0 saturated carbocycles. The molecular weight excluding hydrogens is 585 g/mol. The smallest absolute Gasteiger partial charge is 0.398 e. The second-order valence-electron chi connectivity index (χ2n) is 10.8. The first-order valence-electron chi connectivity index (χ1n) is 14.1. The third-order valence-electron chi connectivity index (χ3n) is 8.09. The van der Waals surface area contributed by atoms with Crippen molar-refractivity contribution in [2.45, 2.75) is 49.6 Å². The van der Waals surface area contributed by atoms with Gasteiger partial charge < -0.3 is 20.1 Å². The summed E-state index contributed by atoms with van der Waals surface area (Å²) in [7, 11) is 0. The second-order valence-corrected chi connectivity index (χ2v) is 10.8. The van der Waals surface area contributed by atoms with Crippen LogP contribution in [0.4, 0.5) is 33.6 Å². The normalized spacial score (nSPS) is 19.3. The van der Waals surface area contributed by atoms with E-state index >= 15 is 0 Å². The van der Waals surface area contributed by atoms with Crippen LogP contribution in [0.1, 0.15) is 53.1 Å². The van der Waals surface area contributed by atoms with E-state index in [0.717, 1.165) is 11.1 Å². The van der Waals surface area contributed by atoms with Crippen LogP contribution in [0.3, 0.4) is 0 Å². The Morgan fingerprint density at radius 1 is 0.932 bits per heavy atom. The number of fused-ring (bicyclic) bond motifs is 1. The number of ether oxygens (including phenoxy) is 1. The SMILES string of the molecule is O=C1Nc2c(c(C3CCN(c4ccc(OC(F)F)cn4)CC3)nn2C(c2ccccc2)c2ccccc2)C(C(F)(F)F)C1O. The van der Waals surface area contributed by atoms with Gasteiger partial charge in [-0.1, -0.05) is 60.7 Å². The summed E-state index contributed by atoms with van der Waals surface area (Å²) in [5, 5.41) is 17.9. The van der Waals surface area contributed by atoms with Crippen LogP contribution in [0.15, 0.2) is 79.0 Å². The van der Waals surface area contributed by atoms with E-state index in [2.05, 4.69) is 15.0 Å². The quantitative estimate of drug-likeness (QED) is 0.254. The lowest BCUT2D eigenvalue weighted by atomic mass is 9.82. The molecule has 2 aromatic carbocycles. The molecule has 2 N–H and O–H groups in total. The average molecular weight is 614 g/mol. The van der Waals surface area contributed by atoms with Crippen LogP contribution in [0.25, 0.3) is 0 Å². The minimum atomic E-state index is -4.92. The van der Waals surface area contributed by atoms with Gasteiger partial charge in [-0.25, -0.2) is 9.67 Å². The standard InChI is InChI=1S/C31H28F5N5O3/c32-30(33)44-21-11-12-22(37-17-21)40-15-13-18(14-16-40)25-23-24(31(34,35)36)27(42)29(43)38-28(23)41(39-25)26(19-7-3-1-4-8-19)20-9-5-2-6-10-20/h1-12,17-18,24,26-27,30,42H,13-16H2,(H,38,43). The van der Waals surface area contributed by atoms with Gasteiger partial charge >= 0.3 is 12.8 Å². The number of aliphatic hydroxyl groups is 1. The number of amides is 1. The molecule has 2 aromatic heterocycles. The average Bonchev–Trinajstić information content (AvgIpc) is 3.36. The Kier molecular flexibility index (Phi) is 7.97. The number of carbonyl (C=O) groups excluding carboxylic acids is 1. The van der Waals surface area contributed by atoms with Gasteiger partial charge in [0.25, 0.3) is 5.91 Å². The van der Waals surface area contributed by atoms with Crippen LogP contribution in [0.5, 0.6) is 5.75 Å². The van der Waals surface area contributed by atoms with E-state index in [1.165, 1.54) is 16.9 Å². The molecule has 44 heavy (non-hydrogen) atoms. The number of rotatable bonds is 7. The van der Waals surface area contributed by atoms with Crippen molar-refractivity contribution in [3.05, 3.63) is 101 Å². The molecule has 4 aromatic rings. The summed E-state index contributed by atoms with van der Waals surface area (Å²) in [5.41, 5.74) is 1.44. The highest BCUT2D eigenvalue weighted by Crippen LogP contribution is 2.49. The lowest BCUT2D eigenvalue weighted by molar-refractivity contribution is -0.177. The molecule has 0 radical (unpaired) electrons. The molecule has 2 aliphatic heterocycles. The first kappa shape index (κ1) is 29.5. The van der Waals surface area contributed by atoms with Gasteiger partial charge in [-0.3, -0.25) is 4.79 Å². The minimum absolute atomic E-state index is 0.0824. The molecule has 230 valence electrons. The molecular formula is C31H28F5N5O3. The first-order valence-corrected chi connectivity index (χ1v) is 14.1. The zero-order chi connectivity index (χ0) is 31.0. The number of hydrogen-bond acceptors (Lipinski definition) is 6. The number of carbonyl (C=O) groups is 1. The van der Waals surface area contributed by atoms with E-state index in [1.807, 2.05) is 65.6 Å². The van der Waals surface area contributed by atoms with Gasteiger partial charge in [-0.15, -0.1) is 0 Å². The van der Waals surface area contributed by atoms with E-state index < -0.39 is 42.7 Å². The highest BCUT2D eigenvalue weighted by atomic mass is 19.4. The van der Waals surface area contributed by atoms with Gasteiger partial charge in [-0.05, 0) is 36.1 Å². The number of aliphatic hydroxyl groups excluding tert-OH is 1. The monoisotopic (exact) mass is 613 g/mol. The molecule has 6 rings (SSSR count). The van der Waals surface area contributed by atoms with Gasteiger partial charge in [-0.2, -0.15) is 27.1 Å². The lowest BCUT2D eigenvalue weighted by Gasteiger charge is -2.34. The van der Waals surface area contributed by atoms with Gasteiger partial charge in [0.05, 0.1) is 11.9 Å². The van der Waals surface area contributed by atoms with Crippen LogP contribution in [-0.4, -0.2) is 57.8 Å². The van der Waals surface area contributed by atoms with Crippen LogP contribution >= 0.6 is 0 Å². The van der Waals surface area contributed by atoms with Crippen LogP contribution < -0.4 is 15.0 Å². The van der Waals surface area contributed by atoms with Crippen molar-refractivity contribution in [1.29, 1.82) is 0 Å². The van der Waals surface area contributed by atoms with Gasteiger partial charge in [0.1, 0.15) is 35.4 Å². The summed E-state index contributed by atoms with van der Waals surface area (Å²) in [6, 6.07) is 20.6. The van der Waals surface area contributed by atoms with E-state index in [9.17, 15) is 31.9 Å². The van der Waals surface area contributed by atoms with Crippen molar-refractivity contribution < 1.29 is 36.6 Å². The predicted molar refractivity (Wildman–Crippen MR) is 151 cm³/mol. The van der Waals surface area contributed by atoms with Crippen molar-refractivity contribution in [2.24, 2.45) is 0 Å². The molecule has 2 aliphatic rings. The number of pyridine rings is 1. The molecule has 2 unspecified atom stereocenters. The third-order valence-corrected chi connectivity index (χ3v) is 8.09. The number of nitrogens with one attached hydrogen (secondary N) is 1. The molecule has 2 atom stereocenters. The molecule has 0 aliphatic carbocycles. The van der Waals surface area contributed by atoms with Crippen molar-refractivity contribution in [3.8, 4) is 5.75 Å². The van der Waals surface area contributed by atoms with E-state index in [-0.39, 0.29) is 22.8 Å². The minimum Gasteiger partial charge on any atom is -0.433 e. The Balaban J connectivity index is 1.40.